The number of nitrogens with one attached hydrogen (secondary N) is 1. The molecule has 0 radical (unpaired) electrons. The molecule has 0 atom stereocenters. The lowest BCUT2D eigenvalue weighted by molar-refractivity contribution is -0.117. The monoisotopic (exact) mass is 437 g/mol. The van der Waals surface area contributed by atoms with Gasteiger partial charge < -0.3 is 14.5 Å². The van der Waals surface area contributed by atoms with Gasteiger partial charge >= 0.3 is 0 Å². The molecule has 0 aliphatic rings. The Balaban J connectivity index is 1.60. The molecule has 1 N–H and O–H groups in total. The minimum atomic E-state index is -0.490. The van der Waals surface area contributed by atoms with Crippen LogP contribution in [0.25, 0.3) is 6.08 Å². The quantitative estimate of drug-likeness (QED) is 0.441. The molecule has 3 rings (SSSR count). The van der Waals surface area contributed by atoms with Crippen molar-refractivity contribution in [3.63, 3.8) is 0 Å². The van der Waals surface area contributed by atoms with E-state index < -0.39 is 5.91 Å². The van der Waals surface area contributed by atoms with E-state index in [0.717, 1.165) is 4.47 Å². The van der Waals surface area contributed by atoms with Gasteiger partial charge in [-0.3, -0.25) is 9.78 Å². The number of carbonyl (C=O) groups excluding carboxylic acids is 1. The minimum absolute atomic E-state index is 0.0523. The average molecular weight is 438 g/mol. The largest absolute Gasteiger partial charge is 0.484 e. The first-order valence-corrected chi connectivity index (χ1v) is 9.21. The van der Waals surface area contributed by atoms with Crippen LogP contribution in [0.4, 0.5) is 0 Å². The van der Waals surface area contributed by atoms with Crippen molar-refractivity contribution >= 4 is 27.9 Å². The highest BCUT2D eigenvalue weighted by atomic mass is 79.9. The molecule has 0 aliphatic carbocycles. The van der Waals surface area contributed by atoms with Gasteiger partial charge in [-0.1, -0.05) is 18.2 Å². The molecule has 0 aliphatic heterocycles. The zero-order chi connectivity index (χ0) is 19.8. The van der Waals surface area contributed by atoms with E-state index in [1.165, 1.54) is 6.08 Å². The lowest BCUT2D eigenvalue weighted by Crippen LogP contribution is -2.24. The molecule has 0 saturated heterocycles. The minimum Gasteiger partial charge on any atom is -0.484 e. The van der Waals surface area contributed by atoms with Crippen molar-refractivity contribution in [3.8, 4) is 11.8 Å². The van der Waals surface area contributed by atoms with Crippen LogP contribution in [0.2, 0.25) is 0 Å². The average Bonchev–Trinajstić information content (AvgIpc) is 3.18. The summed E-state index contributed by atoms with van der Waals surface area (Å²) in [5.74, 6) is 1.18. The number of carbonyl (C=O) groups is 1. The SMILES string of the molecule is N#CC(=Cc1ccc(COc2ccccc2Br)o1)C(=O)NCc1ccccn1. The van der Waals surface area contributed by atoms with Crippen LogP contribution in [0.5, 0.6) is 5.75 Å². The van der Waals surface area contributed by atoms with E-state index in [-0.39, 0.29) is 18.7 Å². The Bertz CT molecular complexity index is 1020. The number of ether oxygens (including phenoxy) is 1. The van der Waals surface area contributed by atoms with Crippen molar-refractivity contribution in [2.45, 2.75) is 13.2 Å². The molecule has 2 heterocycles. The molecule has 7 heteroatoms. The van der Waals surface area contributed by atoms with Gasteiger partial charge in [-0.25, -0.2) is 0 Å². The molecular formula is C21H16BrN3O3. The smallest absolute Gasteiger partial charge is 0.262 e. The zero-order valence-corrected chi connectivity index (χ0v) is 16.3. The predicted molar refractivity (Wildman–Crippen MR) is 107 cm³/mol. The molecular weight excluding hydrogens is 422 g/mol. The van der Waals surface area contributed by atoms with E-state index >= 15 is 0 Å². The van der Waals surface area contributed by atoms with Crippen molar-refractivity contribution in [2.75, 3.05) is 0 Å². The summed E-state index contributed by atoms with van der Waals surface area (Å²) < 4.78 is 12.2. The van der Waals surface area contributed by atoms with E-state index in [0.29, 0.717) is 23.0 Å². The number of benzene rings is 1. The third-order valence-corrected chi connectivity index (χ3v) is 4.35. The van der Waals surface area contributed by atoms with Crippen LogP contribution in [-0.4, -0.2) is 10.9 Å². The predicted octanol–water partition coefficient (Wildman–Crippen LogP) is 4.24. The van der Waals surface area contributed by atoms with E-state index in [9.17, 15) is 10.1 Å². The fourth-order valence-corrected chi connectivity index (χ4v) is 2.72. The number of aromatic nitrogens is 1. The molecule has 0 unspecified atom stereocenters. The Labute approximate surface area is 170 Å². The third-order valence-electron chi connectivity index (χ3n) is 3.70. The maximum Gasteiger partial charge on any atom is 0.262 e. The van der Waals surface area contributed by atoms with Crippen molar-refractivity contribution < 1.29 is 13.9 Å². The lowest BCUT2D eigenvalue weighted by Gasteiger charge is -2.05. The lowest BCUT2D eigenvalue weighted by atomic mass is 10.2. The number of pyridine rings is 1. The van der Waals surface area contributed by atoms with Crippen molar-refractivity contribution in [3.05, 3.63) is 88.1 Å². The highest BCUT2D eigenvalue weighted by Crippen LogP contribution is 2.25. The highest BCUT2D eigenvalue weighted by Gasteiger charge is 2.11. The van der Waals surface area contributed by atoms with Crippen LogP contribution in [0.1, 0.15) is 17.2 Å². The molecule has 3 aromatic rings. The van der Waals surface area contributed by atoms with Gasteiger partial charge in [0.25, 0.3) is 5.91 Å². The summed E-state index contributed by atoms with van der Waals surface area (Å²) in [6, 6.07) is 18.2. The van der Waals surface area contributed by atoms with Gasteiger partial charge in [0, 0.05) is 12.3 Å². The Hall–Kier alpha value is -3.37. The van der Waals surface area contributed by atoms with Gasteiger partial charge in [-0.15, -0.1) is 0 Å². The first-order valence-electron chi connectivity index (χ1n) is 8.41. The van der Waals surface area contributed by atoms with Crippen LogP contribution in [-0.2, 0) is 17.9 Å². The van der Waals surface area contributed by atoms with Crippen molar-refractivity contribution in [2.24, 2.45) is 0 Å². The number of hydrogen-bond acceptors (Lipinski definition) is 5. The second-order valence-corrected chi connectivity index (χ2v) is 6.55. The molecule has 0 bridgehead atoms. The summed E-state index contributed by atoms with van der Waals surface area (Å²) in [6.45, 7) is 0.464. The van der Waals surface area contributed by atoms with Gasteiger partial charge in [-0.2, -0.15) is 5.26 Å². The number of para-hydroxylation sites is 1. The number of hydrogen-bond donors (Lipinski definition) is 1. The van der Waals surface area contributed by atoms with Gasteiger partial charge in [-0.05, 0) is 52.3 Å². The standard InChI is InChI=1S/C21H16BrN3O3/c22-19-6-1-2-7-20(19)27-14-18-9-8-17(28-18)11-15(12-23)21(26)25-13-16-5-3-4-10-24-16/h1-11H,13-14H2,(H,25,26). The normalized spacial score (nSPS) is 10.9. The Morgan fingerprint density at radius 1 is 1.21 bits per heavy atom. The summed E-state index contributed by atoms with van der Waals surface area (Å²) in [6.07, 6.45) is 3.04. The Morgan fingerprint density at radius 2 is 2.04 bits per heavy atom. The topological polar surface area (TPSA) is 88.1 Å². The van der Waals surface area contributed by atoms with E-state index in [4.69, 9.17) is 9.15 Å². The fourth-order valence-electron chi connectivity index (χ4n) is 2.32. The molecule has 0 saturated carbocycles. The van der Waals surface area contributed by atoms with Crippen LogP contribution < -0.4 is 10.1 Å². The van der Waals surface area contributed by atoms with Gasteiger partial charge in [0.1, 0.15) is 35.5 Å². The summed E-state index contributed by atoms with van der Waals surface area (Å²) >= 11 is 3.41. The van der Waals surface area contributed by atoms with Crippen LogP contribution in [0.3, 0.4) is 0 Å². The molecule has 0 fully saturated rings. The first-order chi connectivity index (χ1) is 13.7. The molecule has 140 valence electrons. The second-order valence-electron chi connectivity index (χ2n) is 5.70. The van der Waals surface area contributed by atoms with Crippen LogP contribution in [0.15, 0.2) is 75.3 Å². The first kappa shape index (κ1) is 19.4. The van der Waals surface area contributed by atoms with E-state index in [1.807, 2.05) is 36.4 Å². The summed E-state index contributed by atoms with van der Waals surface area (Å²) in [5, 5.41) is 11.9. The number of rotatable bonds is 7. The summed E-state index contributed by atoms with van der Waals surface area (Å²) in [4.78, 5) is 16.3. The van der Waals surface area contributed by atoms with E-state index in [1.54, 1.807) is 30.5 Å². The number of furan rings is 1. The van der Waals surface area contributed by atoms with Gasteiger partial charge in [0.15, 0.2) is 0 Å². The Morgan fingerprint density at radius 3 is 2.79 bits per heavy atom. The second kappa shape index (κ2) is 9.53. The molecule has 6 nitrogen and oxygen atoms in total. The molecule has 28 heavy (non-hydrogen) atoms. The summed E-state index contributed by atoms with van der Waals surface area (Å²) in [5.41, 5.74) is 0.654. The number of nitriles is 1. The zero-order valence-electron chi connectivity index (χ0n) is 14.8. The number of halogens is 1. The van der Waals surface area contributed by atoms with Crippen LogP contribution >= 0.6 is 15.9 Å². The molecule has 1 amide bonds. The Kier molecular flexibility index (Phi) is 6.60. The number of amides is 1. The molecule has 0 spiro atoms. The molecule has 2 aromatic heterocycles. The summed E-state index contributed by atoms with van der Waals surface area (Å²) in [7, 11) is 0. The fraction of sp³-hybridized carbons (Fsp3) is 0.0952. The molecule has 1 aromatic carbocycles. The third kappa shape index (κ3) is 5.32. The maximum atomic E-state index is 12.2. The maximum absolute atomic E-state index is 12.2. The van der Waals surface area contributed by atoms with Crippen LogP contribution in [0, 0.1) is 11.3 Å². The number of nitrogens with zero attached hydrogens (tertiary/aromatic N) is 2. The van der Waals surface area contributed by atoms with Gasteiger partial charge in [0.2, 0.25) is 0 Å². The van der Waals surface area contributed by atoms with Gasteiger partial charge in [0.05, 0.1) is 16.7 Å². The van der Waals surface area contributed by atoms with Crippen molar-refractivity contribution in [1.29, 1.82) is 5.26 Å². The van der Waals surface area contributed by atoms with Crippen molar-refractivity contribution in [1.82, 2.24) is 10.3 Å². The van der Waals surface area contributed by atoms with E-state index in [2.05, 4.69) is 26.2 Å². The highest BCUT2D eigenvalue weighted by molar-refractivity contribution is 9.10.